The van der Waals surface area contributed by atoms with E-state index in [9.17, 15) is 9.59 Å². The Labute approximate surface area is 161 Å². The van der Waals surface area contributed by atoms with Gasteiger partial charge >= 0.3 is 0 Å². The van der Waals surface area contributed by atoms with Crippen LogP contribution in [-0.2, 0) is 9.53 Å². The molecule has 1 aliphatic heterocycles. The third-order valence-corrected chi connectivity index (χ3v) is 4.14. The van der Waals surface area contributed by atoms with Crippen LogP contribution in [0, 0.1) is 0 Å². The summed E-state index contributed by atoms with van der Waals surface area (Å²) < 4.78 is 10.5. The minimum Gasteiger partial charge on any atom is -0.459 e. The van der Waals surface area contributed by atoms with Crippen molar-refractivity contribution in [1.29, 1.82) is 0 Å². The van der Waals surface area contributed by atoms with E-state index in [1.54, 1.807) is 30.3 Å². The van der Waals surface area contributed by atoms with Crippen molar-refractivity contribution in [3.63, 3.8) is 0 Å². The van der Waals surface area contributed by atoms with Gasteiger partial charge in [-0.05, 0) is 37.3 Å². The normalized spacial score (nSPS) is 19.3. The molecule has 3 N–H and O–H groups in total. The van der Waals surface area contributed by atoms with Crippen LogP contribution in [0.1, 0.15) is 17.5 Å². The molecule has 26 heavy (non-hydrogen) atoms. The van der Waals surface area contributed by atoms with Gasteiger partial charge in [0.1, 0.15) is 6.04 Å². The van der Waals surface area contributed by atoms with Crippen molar-refractivity contribution in [2.75, 3.05) is 23.8 Å². The van der Waals surface area contributed by atoms with E-state index in [1.807, 2.05) is 6.92 Å². The topological polar surface area (TPSA) is 92.6 Å². The number of amides is 2. The highest BCUT2D eigenvalue weighted by Gasteiger charge is 2.28. The summed E-state index contributed by atoms with van der Waals surface area (Å²) in [4.78, 5) is 24.3. The molecule has 140 valence electrons. The van der Waals surface area contributed by atoms with Gasteiger partial charge in [0.15, 0.2) is 5.76 Å². The molecule has 1 fully saturated rings. The number of hydrogen-bond acceptors (Lipinski definition) is 5. The number of carbonyl (C=O) groups is 2. The molecule has 2 atom stereocenters. The minimum absolute atomic E-state index is 0. The maximum Gasteiger partial charge on any atom is 0.291 e. The summed E-state index contributed by atoms with van der Waals surface area (Å²) in [6, 6.07) is 7.61. The fourth-order valence-electron chi connectivity index (χ4n) is 2.53. The van der Waals surface area contributed by atoms with Crippen molar-refractivity contribution in [3.8, 4) is 0 Å². The molecule has 1 aliphatic rings. The van der Waals surface area contributed by atoms with E-state index >= 15 is 0 Å². The Morgan fingerprint density at radius 1 is 1.27 bits per heavy atom. The number of hydrogen-bond donors (Lipinski definition) is 3. The maximum absolute atomic E-state index is 12.3. The molecule has 0 unspecified atom stereocenters. The number of anilines is 2. The Morgan fingerprint density at radius 3 is 2.73 bits per heavy atom. The Balaban J connectivity index is 0.00000243. The zero-order valence-electron chi connectivity index (χ0n) is 14.0. The van der Waals surface area contributed by atoms with E-state index in [4.69, 9.17) is 20.8 Å². The summed E-state index contributed by atoms with van der Waals surface area (Å²) in [6.45, 7) is 3.05. The van der Waals surface area contributed by atoms with Gasteiger partial charge in [0.25, 0.3) is 5.91 Å². The van der Waals surface area contributed by atoms with Gasteiger partial charge in [-0.3, -0.25) is 9.59 Å². The molecule has 0 aliphatic carbocycles. The van der Waals surface area contributed by atoms with Crippen LogP contribution in [0.4, 0.5) is 11.4 Å². The fourth-order valence-corrected chi connectivity index (χ4v) is 2.76. The lowest BCUT2D eigenvalue weighted by molar-refractivity contribution is -0.123. The molecule has 2 aromatic rings. The van der Waals surface area contributed by atoms with Gasteiger partial charge in [0.05, 0.1) is 29.7 Å². The molecule has 2 heterocycles. The molecule has 0 saturated carbocycles. The molecule has 0 spiro atoms. The third-order valence-electron chi connectivity index (χ3n) is 3.83. The first-order valence-corrected chi connectivity index (χ1v) is 8.22. The van der Waals surface area contributed by atoms with Crippen LogP contribution in [0.15, 0.2) is 41.0 Å². The first kappa shape index (κ1) is 20.3. The Morgan fingerprint density at radius 2 is 2.08 bits per heavy atom. The molecule has 9 heteroatoms. The Hall–Kier alpha value is -2.06. The van der Waals surface area contributed by atoms with Crippen LogP contribution in [0.2, 0.25) is 5.02 Å². The van der Waals surface area contributed by atoms with E-state index in [1.165, 1.54) is 6.26 Å². The molecule has 2 amide bonds. The molecule has 3 rings (SSSR count). The number of halogens is 2. The zero-order valence-corrected chi connectivity index (χ0v) is 15.5. The van der Waals surface area contributed by atoms with E-state index in [0.29, 0.717) is 29.5 Å². The lowest BCUT2D eigenvalue weighted by atomic mass is 10.1. The molecular weight excluding hydrogens is 381 g/mol. The van der Waals surface area contributed by atoms with Crippen molar-refractivity contribution in [2.45, 2.75) is 19.1 Å². The number of rotatable bonds is 4. The largest absolute Gasteiger partial charge is 0.459 e. The van der Waals surface area contributed by atoms with E-state index in [2.05, 4.69) is 16.0 Å². The summed E-state index contributed by atoms with van der Waals surface area (Å²) in [5, 5.41) is 8.87. The highest BCUT2D eigenvalue weighted by Crippen LogP contribution is 2.26. The first-order chi connectivity index (χ1) is 12.0. The van der Waals surface area contributed by atoms with Crippen LogP contribution < -0.4 is 16.0 Å². The van der Waals surface area contributed by atoms with E-state index < -0.39 is 11.9 Å². The minimum atomic E-state index is -0.425. The van der Waals surface area contributed by atoms with Crippen LogP contribution in [0.5, 0.6) is 0 Å². The van der Waals surface area contributed by atoms with Crippen LogP contribution in [-0.4, -0.2) is 37.1 Å². The lowest BCUT2D eigenvalue weighted by Crippen LogP contribution is -2.53. The van der Waals surface area contributed by atoms with Crippen LogP contribution in [0.25, 0.3) is 0 Å². The summed E-state index contributed by atoms with van der Waals surface area (Å²) in [6.07, 6.45) is 1.20. The molecule has 1 aromatic heterocycles. The van der Waals surface area contributed by atoms with Gasteiger partial charge in [0, 0.05) is 12.2 Å². The summed E-state index contributed by atoms with van der Waals surface area (Å²) in [7, 11) is 0. The number of carbonyl (C=O) groups excluding carboxylic acids is 2. The van der Waals surface area contributed by atoms with Crippen molar-refractivity contribution in [1.82, 2.24) is 5.32 Å². The fraction of sp³-hybridized carbons (Fsp3) is 0.294. The highest BCUT2D eigenvalue weighted by atomic mass is 35.5. The van der Waals surface area contributed by atoms with Crippen molar-refractivity contribution >= 4 is 47.2 Å². The van der Waals surface area contributed by atoms with Crippen molar-refractivity contribution < 1.29 is 18.7 Å². The number of ether oxygens (including phenoxy) is 1. The van der Waals surface area contributed by atoms with Crippen LogP contribution in [0.3, 0.4) is 0 Å². The summed E-state index contributed by atoms with van der Waals surface area (Å²) in [5.41, 5.74) is 0.958. The number of morpholine rings is 1. The highest BCUT2D eigenvalue weighted by molar-refractivity contribution is 6.34. The van der Waals surface area contributed by atoms with Gasteiger partial charge in [-0.15, -0.1) is 12.4 Å². The van der Waals surface area contributed by atoms with Gasteiger partial charge in [-0.25, -0.2) is 0 Å². The second-order valence-corrected chi connectivity index (χ2v) is 6.03. The maximum atomic E-state index is 12.3. The molecule has 0 radical (unpaired) electrons. The standard InChI is InChI=1S/C17H18ClN3O4.ClH/c1-10-15(19-6-8-24-10)17(23)20-11-4-5-13(12(18)9-11)21-16(22)14-3-2-7-25-14;/h2-5,7,9-10,15,19H,6,8H2,1H3,(H,20,23)(H,21,22);1H/t10-,15+;/m1./s1. The molecule has 1 saturated heterocycles. The average Bonchev–Trinajstić information content (AvgIpc) is 3.12. The first-order valence-electron chi connectivity index (χ1n) is 7.85. The summed E-state index contributed by atoms with van der Waals surface area (Å²) in [5.74, 6) is -0.414. The van der Waals surface area contributed by atoms with Crippen molar-refractivity contribution in [3.05, 3.63) is 47.4 Å². The van der Waals surface area contributed by atoms with E-state index in [0.717, 1.165) is 0 Å². The monoisotopic (exact) mass is 399 g/mol. The predicted molar refractivity (Wildman–Crippen MR) is 101 cm³/mol. The number of furan rings is 1. The van der Waals surface area contributed by atoms with Crippen molar-refractivity contribution in [2.24, 2.45) is 0 Å². The third kappa shape index (κ3) is 4.76. The second kappa shape index (κ2) is 9.05. The van der Waals surface area contributed by atoms with E-state index in [-0.39, 0.29) is 30.2 Å². The average molecular weight is 400 g/mol. The van der Waals surface area contributed by atoms with Gasteiger partial charge in [-0.1, -0.05) is 11.6 Å². The predicted octanol–water partition coefficient (Wildman–Crippen LogP) is 2.92. The Bertz CT molecular complexity index is 767. The molecule has 7 nitrogen and oxygen atoms in total. The summed E-state index contributed by atoms with van der Waals surface area (Å²) >= 11 is 6.20. The smallest absolute Gasteiger partial charge is 0.291 e. The quantitative estimate of drug-likeness (QED) is 0.734. The molecule has 0 bridgehead atoms. The molecular formula is C17H19Cl2N3O4. The van der Waals surface area contributed by atoms with Gasteiger partial charge < -0.3 is 25.1 Å². The second-order valence-electron chi connectivity index (χ2n) is 5.62. The molecule has 1 aromatic carbocycles. The Kier molecular flexibility index (Phi) is 7.05. The van der Waals surface area contributed by atoms with Crippen LogP contribution >= 0.6 is 24.0 Å². The SMILES string of the molecule is C[C@H]1OCCN[C@@H]1C(=O)Nc1ccc(NC(=O)c2ccco2)c(Cl)c1.Cl. The van der Waals surface area contributed by atoms with Gasteiger partial charge in [-0.2, -0.15) is 0 Å². The number of nitrogens with one attached hydrogen (secondary N) is 3. The van der Waals surface area contributed by atoms with Gasteiger partial charge in [0.2, 0.25) is 5.91 Å². The zero-order chi connectivity index (χ0) is 17.8. The lowest BCUT2D eigenvalue weighted by Gasteiger charge is -2.29. The number of benzene rings is 1.